The molecule has 0 aliphatic rings. The summed E-state index contributed by atoms with van der Waals surface area (Å²) in [7, 11) is 0. The van der Waals surface area contributed by atoms with E-state index >= 15 is 0 Å². The van der Waals surface area contributed by atoms with Gasteiger partial charge in [0.2, 0.25) is 0 Å². The summed E-state index contributed by atoms with van der Waals surface area (Å²) < 4.78 is 5.79. The first kappa shape index (κ1) is 13.6. The molecule has 4 aromatic rings. The van der Waals surface area contributed by atoms with E-state index in [0.717, 1.165) is 33.2 Å². The Hall–Kier alpha value is -3.07. The quantitative estimate of drug-likeness (QED) is 0.556. The van der Waals surface area contributed by atoms with Gasteiger partial charge in [0.25, 0.3) is 5.91 Å². The maximum absolute atomic E-state index is 12.5. The lowest BCUT2D eigenvalue weighted by atomic mass is 10.1. The largest absolute Gasteiger partial charge is 0.456 e. The minimum Gasteiger partial charge on any atom is -0.456 e. The van der Waals surface area contributed by atoms with Gasteiger partial charge < -0.3 is 9.73 Å². The zero-order chi connectivity index (χ0) is 15.8. The van der Waals surface area contributed by atoms with Gasteiger partial charge in [0.1, 0.15) is 11.2 Å². The Morgan fingerprint density at radius 2 is 1.70 bits per heavy atom. The standard InChI is InChI=1S/C20H15NO2/c1-13-5-4-6-15(11-13)21-20(22)14-9-10-19-17(12-14)16-7-2-3-8-18(16)23-19/h2-12H,1H3,(H,21,22). The summed E-state index contributed by atoms with van der Waals surface area (Å²) in [4.78, 5) is 12.5. The molecule has 0 aliphatic carbocycles. The number of benzene rings is 3. The van der Waals surface area contributed by atoms with Crippen molar-refractivity contribution in [1.82, 2.24) is 0 Å². The fraction of sp³-hybridized carbons (Fsp3) is 0.0500. The third-order valence-electron chi connectivity index (χ3n) is 3.91. The van der Waals surface area contributed by atoms with Crippen LogP contribution >= 0.6 is 0 Å². The van der Waals surface area contributed by atoms with Crippen LogP contribution < -0.4 is 5.32 Å². The van der Waals surface area contributed by atoms with Gasteiger partial charge in [-0.15, -0.1) is 0 Å². The van der Waals surface area contributed by atoms with Crippen LogP contribution in [-0.4, -0.2) is 5.91 Å². The Balaban J connectivity index is 1.73. The molecule has 3 heteroatoms. The van der Waals surface area contributed by atoms with Crippen molar-refractivity contribution in [1.29, 1.82) is 0 Å². The third kappa shape index (κ3) is 2.46. The molecular formula is C20H15NO2. The van der Waals surface area contributed by atoms with E-state index in [4.69, 9.17) is 4.42 Å². The molecule has 1 amide bonds. The molecule has 0 aliphatic heterocycles. The van der Waals surface area contributed by atoms with Crippen LogP contribution in [0.5, 0.6) is 0 Å². The molecule has 0 saturated heterocycles. The number of carbonyl (C=O) groups is 1. The van der Waals surface area contributed by atoms with E-state index in [9.17, 15) is 4.79 Å². The van der Waals surface area contributed by atoms with Crippen molar-refractivity contribution in [3.8, 4) is 0 Å². The first-order chi connectivity index (χ1) is 11.2. The summed E-state index contributed by atoms with van der Waals surface area (Å²) in [5, 5.41) is 4.91. The smallest absolute Gasteiger partial charge is 0.255 e. The zero-order valence-electron chi connectivity index (χ0n) is 12.7. The van der Waals surface area contributed by atoms with Crippen molar-refractivity contribution in [2.24, 2.45) is 0 Å². The van der Waals surface area contributed by atoms with Crippen molar-refractivity contribution in [2.45, 2.75) is 6.92 Å². The Kier molecular flexibility index (Phi) is 3.12. The summed E-state index contributed by atoms with van der Waals surface area (Å²) >= 11 is 0. The number of carbonyl (C=O) groups excluding carboxylic acids is 1. The van der Waals surface area contributed by atoms with Crippen LogP contribution in [0.15, 0.2) is 71.1 Å². The molecule has 1 N–H and O–H groups in total. The monoisotopic (exact) mass is 301 g/mol. The van der Waals surface area contributed by atoms with E-state index in [2.05, 4.69) is 5.32 Å². The highest BCUT2D eigenvalue weighted by atomic mass is 16.3. The average molecular weight is 301 g/mol. The van der Waals surface area contributed by atoms with Gasteiger partial charge in [-0.25, -0.2) is 0 Å². The molecule has 0 unspecified atom stereocenters. The maximum Gasteiger partial charge on any atom is 0.255 e. The van der Waals surface area contributed by atoms with Crippen molar-refractivity contribution in [3.63, 3.8) is 0 Å². The van der Waals surface area contributed by atoms with E-state index in [-0.39, 0.29) is 5.91 Å². The van der Waals surface area contributed by atoms with Crippen LogP contribution in [0.3, 0.4) is 0 Å². The minimum absolute atomic E-state index is 0.122. The lowest BCUT2D eigenvalue weighted by Crippen LogP contribution is -2.11. The molecule has 3 nitrogen and oxygen atoms in total. The Morgan fingerprint density at radius 1 is 0.870 bits per heavy atom. The zero-order valence-corrected chi connectivity index (χ0v) is 12.7. The number of para-hydroxylation sites is 1. The Morgan fingerprint density at radius 3 is 2.57 bits per heavy atom. The molecule has 0 atom stereocenters. The van der Waals surface area contributed by atoms with Gasteiger partial charge in [-0.2, -0.15) is 0 Å². The van der Waals surface area contributed by atoms with Crippen LogP contribution in [0.1, 0.15) is 15.9 Å². The minimum atomic E-state index is -0.122. The third-order valence-corrected chi connectivity index (χ3v) is 3.91. The first-order valence-corrected chi connectivity index (χ1v) is 7.50. The normalized spacial score (nSPS) is 11.0. The molecule has 3 aromatic carbocycles. The summed E-state index contributed by atoms with van der Waals surface area (Å²) in [6.45, 7) is 2.00. The molecular weight excluding hydrogens is 286 g/mol. The van der Waals surface area contributed by atoms with E-state index in [1.807, 2.05) is 67.6 Å². The number of nitrogens with one attached hydrogen (secondary N) is 1. The summed E-state index contributed by atoms with van der Waals surface area (Å²) in [6, 6.07) is 21.1. The summed E-state index contributed by atoms with van der Waals surface area (Å²) in [5.41, 5.74) is 4.15. The summed E-state index contributed by atoms with van der Waals surface area (Å²) in [6.07, 6.45) is 0. The molecule has 0 saturated carbocycles. The van der Waals surface area contributed by atoms with Crippen LogP contribution in [-0.2, 0) is 0 Å². The second-order valence-electron chi connectivity index (χ2n) is 5.63. The highest BCUT2D eigenvalue weighted by Gasteiger charge is 2.11. The van der Waals surface area contributed by atoms with Gasteiger partial charge in [0, 0.05) is 22.0 Å². The molecule has 4 rings (SSSR count). The molecule has 112 valence electrons. The van der Waals surface area contributed by atoms with E-state index in [1.165, 1.54) is 0 Å². The SMILES string of the molecule is Cc1cccc(NC(=O)c2ccc3oc4ccccc4c3c2)c1. The number of anilines is 1. The van der Waals surface area contributed by atoms with Crippen LogP contribution in [0, 0.1) is 6.92 Å². The lowest BCUT2D eigenvalue weighted by Gasteiger charge is -2.06. The number of aryl methyl sites for hydroxylation is 1. The lowest BCUT2D eigenvalue weighted by molar-refractivity contribution is 0.102. The number of furan rings is 1. The molecule has 0 radical (unpaired) electrons. The fourth-order valence-corrected chi connectivity index (χ4v) is 2.79. The second kappa shape index (κ2) is 5.29. The van der Waals surface area contributed by atoms with Gasteiger partial charge in [-0.1, -0.05) is 30.3 Å². The number of hydrogen-bond acceptors (Lipinski definition) is 2. The fourth-order valence-electron chi connectivity index (χ4n) is 2.79. The molecule has 1 aromatic heterocycles. The van der Waals surface area contributed by atoms with Crippen molar-refractivity contribution < 1.29 is 9.21 Å². The van der Waals surface area contributed by atoms with Gasteiger partial charge in [0.15, 0.2) is 0 Å². The molecule has 1 heterocycles. The number of amides is 1. The molecule has 0 fully saturated rings. The number of fused-ring (bicyclic) bond motifs is 3. The van der Waals surface area contributed by atoms with Crippen molar-refractivity contribution in [2.75, 3.05) is 5.32 Å². The maximum atomic E-state index is 12.5. The topological polar surface area (TPSA) is 42.2 Å². The Bertz CT molecular complexity index is 1030. The van der Waals surface area contributed by atoms with E-state index < -0.39 is 0 Å². The van der Waals surface area contributed by atoms with Crippen LogP contribution in [0.2, 0.25) is 0 Å². The second-order valence-corrected chi connectivity index (χ2v) is 5.63. The highest BCUT2D eigenvalue weighted by molar-refractivity contribution is 6.10. The van der Waals surface area contributed by atoms with Gasteiger partial charge >= 0.3 is 0 Å². The highest BCUT2D eigenvalue weighted by Crippen LogP contribution is 2.29. The number of rotatable bonds is 2. The van der Waals surface area contributed by atoms with Crippen molar-refractivity contribution >= 4 is 33.5 Å². The van der Waals surface area contributed by atoms with Gasteiger partial charge in [-0.3, -0.25) is 4.79 Å². The van der Waals surface area contributed by atoms with Gasteiger partial charge in [0.05, 0.1) is 0 Å². The predicted octanol–water partition coefficient (Wildman–Crippen LogP) is 5.15. The molecule has 0 bridgehead atoms. The first-order valence-electron chi connectivity index (χ1n) is 7.50. The summed E-state index contributed by atoms with van der Waals surface area (Å²) in [5.74, 6) is -0.122. The van der Waals surface area contributed by atoms with E-state index in [1.54, 1.807) is 6.07 Å². The number of hydrogen-bond donors (Lipinski definition) is 1. The van der Waals surface area contributed by atoms with E-state index in [0.29, 0.717) is 5.56 Å². The predicted molar refractivity (Wildman–Crippen MR) is 92.9 cm³/mol. The Labute approximate surface area is 133 Å². The van der Waals surface area contributed by atoms with Gasteiger partial charge in [-0.05, 0) is 48.9 Å². The van der Waals surface area contributed by atoms with Crippen LogP contribution in [0.25, 0.3) is 21.9 Å². The molecule has 23 heavy (non-hydrogen) atoms. The van der Waals surface area contributed by atoms with Crippen molar-refractivity contribution in [3.05, 3.63) is 77.9 Å². The average Bonchev–Trinajstić information content (AvgIpc) is 2.92. The molecule has 0 spiro atoms. The van der Waals surface area contributed by atoms with Crippen LogP contribution in [0.4, 0.5) is 5.69 Å².